The topological polar surface area (TPSA) is 62.7 Å². The summed E-state index contributed by atoms with van der Waals surface area (Å²) >= 11 is 0. The fourth-order valence-electron chi connectivity index (χ4n) is 4.44. The van der Waals surface area contributed by atoms with Gasteiger partial charge in [-0.15, -0.1) is 0 Å². The highest BCUT2D eigenvalue weighted by molar-refractivity contribution is 5.94. The standard InChI is InChI=1S/C20H22N2O3/c1-25-18-7-3-2-6-17(18)20(24)11-15-8-9-16(12-20)22(15)19(23)14-5-4-10-21-13-14/h2-7,10,13,15-16,24H,8-9,11-12H2,1H3. The van der Waals surface area contributed by atoms with Gasteiger partial charge < -0.3 is 14.7 Å². The van der Waals surface area contributed by atoms with E-state index in [0.29, 0.717) is 24.2 Å². The van der Waals surface area contributed by atoms with Gasteiger partial charge in [-0.2, -0.15) is 0 Å². The molecule has 2 fully saturated rings. The van der Waals surface area contributed by atoms with E-state index in [1.165, 1.54) is 0 Å². The Morgan fingerprint density at radius 3 is 2.56 bits per heavy atom. The fraction of sp³-hybridized carbons (Fsp3) is 0.400. The number of para-hydroxylation sites is 1. The molecule has 2 unspecified atom stereocenters. The zero-order valence-electron chi connectivity index (χ0n) is 14.3. The lowest BCUT2D eigenvalue weighted by Crippen LogP contribution is -2.52. The number of hydrogen-bond acceptors (Lipinski definition) is 4. The highest BCUT2D eigenvalue weighted by atomic mass is 16.5. The van der Waals surface area contributed by atoms with Gasteiger partial charge in [0.05, 0.1) is 18.3 Å². The van der Waals surface area contributed by atoms with Gasteiger partial charge in [0.2, 0.25) is 0 Å². The van der Waals surface area contributed by atoms with Crippen molar-refractivity contribution in [1.82, 2.24) is 9.88 Å². The molecule has 0 saturated carbocycles. The van der Waals surface area contributed by atoms with E-state index in [0.717, 1.165) is 18.4 Å². The van der Waals surface area contributed by atoms with Gasteiger partial charge in [-0.05, 0) is 31.0 Å². The molecule has 25 heavy (non-hydrogen) atoms. The molecule has 2 aromatic rings. The van der Waals surface area contributed by atoms with Gasteiger partial charge in [0.15, 0.2) is 0 Å². The molecule has 3 heterocycles. The molecule has 2 bridgehead atoms. The van der Waals surface area contributed by atoms with Crippen LogP contribution < -0.4 is 4.74 Å². The number of rotatable bonds is 3. The quantitative estimate of drug-likeness (QED) is 0.935. The second-order valence-electron chi connectivity index (χ2n) is 6.98. The van der Waals surface area contributed by atoms with Crippen LogP contribution in [-0.4, -0.2) is 40.1 Å². The predicted molar refractivity (Wildman–Crippen MR) is 93.3 cm³/mol. The molecule has 5 heteroatoms. The third-order valence-electron chi connectivity index (χ3n) is 5.52. The number of pyridine rings is 1. The van der Waals surface area contributed by atoms with E-state index in [1.807, 2.05) is 29.2 Å². The molecule has 1 N–H and O–H groups in total. The van der Waals surface area contributed by atoms with Gasteiger partial charge in [0.1, 0.15) is 5.75 Å². The second kappa shape index (κ2) is 6.15. The molecule has 1 aromatic carbocycles. The van der Waals surface area contributed by atoms with Gasteiger partial charge in [-0.1, -0.05) is 18.2 Å². The Bertz CT molecular complexity index is 764. The molecule has 0 aliphatic carbocycles. The van der Waals surface area contributed by atoms with Crippen molar-refractivity contribution in [2.75, 3.05) is 7.11 Å². The molecule has 0 spiro atoms. The Hall–Kier alpha value is -2.40. The van der Waals surface area contributed by atoms with Crippen LogP contribution in [-0.2, 0) is 5.60 Å². The summed E-state index contributed by atoms with van der Waals surface area (Å²) < 4.78 is 5.45. The largest absolute Gasteiger partial charge is 0.496 e. The number of ether oxygens (including phenoxy) is 1. The third-order valence-corrected chi connectivity index (χ3v) is 5.52. The first-order chi connectivity index (χ1) is 12.1. The summed E-state index contributed by atoms with van der Waals surface area (Å²) in [5.41, 5.74) is 0.481. The zero-order chi connectivity index (χ0) is 17.4. The van der Waals surface area contributed by atoms with E-state index in [9.17, 15) is 9.90 Å². The van der Waals surface area contributed by atoms with Crippen molar-refractivity contribution in [3.05, 3.63) is 59.9 Å². The molecule has 4 rings (SSSR count). The summed E-state index contributed by atoms with van der Waals surface area (Å²) in [6, 6.07) is 11.3. The molecule has 1 amide bonds. The number of fused-ring (bicyclic) bond motifs is 2. The lowest BCUT2D eigenvalue weighted by molar-refractivity contribution is -0.0491. The number of methoxy groups -OCH3 is 1. The van der Waals surface area contributed by atoms with Crippen molar-refractivity contribution in [2.24, 2.45) is 0 Å². The summed E-state index contributed by atoms with van der Waals surface area (Å²) in [6.45, 7) is 0. The minimum absolute atomic E-state index is 0.0164. The fourth-order valence-corrected chi connectivity index (χ4v) is 4.44. The Labute approximate surface area is 147 Å². The van der Waals surface area contributed by atoms with Crippen molar-refractivity contribution in [3.8, 4) is 5.75 Å². The predicted octanol–water partition coefficient (Wildman–Crippen LogP) is 2.75. The van der Waals surface area contributed by atoms with Gasteiger partial charge >= 0.3 is 0 Å². The minimum atomic E-state index is -0.954. The van der Waals surface area contributed by atoms with Crippen LogP contribution in [0, 0.1) is 0 Å². The zero-order valence-corrected chi connectivity index (χ0v) is 14.3. The molecule has 1 aromatic heterocycles. The number of aliphatic hydroxyl groups is 1. The lowest BCUT2D eigenvalue weighted by Gasteiger charge is -2.44. The lowest BCUT2D eigenvalue weighted by atomic mass is 9.80. The first kappa shape index (κ1) is 16.1. The highest BCUT2D eigenvalue weighted by Crippen LogP contribution is 2.48. The smallest absolute Gasteiger partial charge is 0.255 e. The van der Waals surface area contributed by atoms with Crippen LogP contribution in [0.2, 0.25) is 0 Å². The van der Waals surface area contributed by atoms with Gasteiger partial charge in [0.25, 0.3) is 5.91 Å². The molecule has 0 radical (unpaired) electrons. The number of nitrogens with zero attached hydrogens (tertiary/aromatic N) is 2. The normalized spacial score (nSPS) is 28.0. The monoisotopic (exact) mass is 338 g/mol. The average Bonchev–Trinajstić information content (AvgIpc) is 2.93. The Morgan fingerprint density at radius 2 is 1.92 bits per heavy atom. The van der Waals surface area contributed by atoms with E-state index in [-0.39, 0.29) is 18.0 Å². The van der Waals surface area contributed by atoms with Gasteiger partial charge in [-0.25, -0.2) is 0 Å². The minimum Gasteiger partial charge on any atom is -0.496 e. The number of carbonyl (C=O) groups is 1. The second-order valence-corrected chi connectivity index (χ2v) is 6.98. The summed E-state index contributed by atoms with van der Waals surface area (Å²) in [6.07, 6.45) is 6.21. The molecule has 2 saturated heterocycles. The number of carbonyl (C=O) groups excluding carboxylic acids is 1. The van der Waals surface area contributed by atoms with Crippen molar-refractivity contribution in [1.29, 1.82) is 0 Å². The number of hydrogen-bond donors (Lipinski definition) is 1. The van der Waals surface area contributed by atoms with Gasteiger partial charge in [0, 0.05) is 42.9 Å². The Morgan fingerprint density at radius 1 is 1.20 bits per heavy atom. The van der Waals surface area contributed by atoms with Crippen molar-refractivity contribution >= 4 is 5.91 Å². The number of amides is 1. The molecule has 2 aliphatic rings. The molecule has 2 atom stereocenters. The molecule has 2 aliphatic heterocycles. The number of benzene rings is 1. The van der Waals surface area contributed by atoms with Crippen LogP contribution in [0.4, 0.5) is 0 Å². The number of aromatic nitrogens is 1. The number of piperidine rings is 1. The summed E-state index contributed by atoms with van der Waals surface area (Å²) in [7, 11) is 1.62. The van der Waals surface area contributed by atoms with Crippen molar-refractivity contribution < 1.29 is 14.6 Å². The molecule has 5 nitrogen and oxygen atoms in total. The van der Waals surface area contributed by atoms with E-state index >= 15 is 0 Å². The third kappa shape index (κ3) is 2.68. The molecular formula is C20H22N2O3. The van der Waals surface area contributed by atoms with E-state index in [4.69, 9.17) is 4.74 Å². The van der Waals surface area contributed by atoms with Crippen LogP contribution >= 0.6 is 0 Å². The van der Waals surface area contributed by atoms with Crippen LogP contribution in [0.15, 0.2) is 48.8 Å². The molecular weight excluding hydrogens is 316 g/mol. The van der Waals surface area contributed by atoms with Crippen LogP contribution in [0.1, 0.15) is 41.6 Å². The first-order valence-electron chi connectivity index (χ1n) is 8.71. The summed E-state index contributed by atoms with van der Waals surface area (Å²) in [5.74, 6) is 0.721. The van der Waals surface area contributed by atoms with Crippen LogP contribution in [0.5, 0.6) is 5.75 Å². The Kier molecular flexibility index (Phi) is 3.96. The van der Waals surface area contributed by atoms with E-state index < -0.39 is 5.60 Å². The van der Waals surface area contributed by atoms with E-state index in [2.05, 4.69) is 4.98 Å². The van der Waals surface area contributed by atoms with E-state index in [1.54, 1.807) is 31.6 Å². The van der Waals surface area contributed by atoms with Crippen LogP contribution in [0.25, 0.3) is 0 Å². The van der Waals surface area contributed by atoms with Gasteiger partial charge in [-0.3, -0.25) is 9.78 Å². The average molecular weight is 338 g/mol. The molecule has 130 valence electrons. The maximum Gasteiger partial charge on any atom is 0.255 e. The summed E-state index contributed by atoms with van der Waals surface area (Å²) in [4.78, 5) is 18.9. The SMILES string of the molecule is COc1ccccc1C1(O)CC2CCC(C1)N2C(=O)c1cccnc1. The summed E-state index contributed by atoms with van der Waals surface area (Å²) in [5, 5.41) is 11.4. The first-order valence-corrected chi connectivity index (χ1v) is 8.71. The maximum absolute atomic E-state index is 12.9. The van der Waals surface area contributed by atoms with Crippen molar-refractivity contribution in [3.63, 3.8) is 0 Å². The highest BCUT2D eigenvalue weighted by Gasteiger charge is 2.50. The van der Waals surface area contributed by atoms with Crippen LogP contribution in [0.3, 0.4) is 0 Å². The maximum atomic E-state index is 12.9. The Balaban J connectivity index is 1.63. The van der Waals surface area contributed by atoms with Crippen molar-refractivity contribution in [2.45, 2.75) is 43.4 Å².